The molecule has 1 aliphatic heterocycles. The van der Waals surface area contributed by atoms with Gasteiger partial charge in [-0.2, -0.15) is 9.37 Å². The minimum atomic E-state index is -2.25. The zero-order chi connectivity index (χ0) is 24.6. The van der Waals surface area contributed by atoms with Gasteiger partial charge in [0.1, 0.15) is 11.9 Å². The highest BCUT2D eigenvalue weighted by Crippen LogP contribution is 2.35. The van der Waals surface area contributed by atoms with Crippen molar-refractivity contribution in [3.63, 3.8) is 0 Å². The number of unbranched alkanes of at least 4 members (excludes halogenated alkanes) is 1. The second-order valence-electron chi connectivity index (χ2n) is 9.29. The topological polar surface area (TPSA) is 109 Å². The highest BCUT2D eigenvalue weighted by molar-refractivity contribution is 8.03. The summed E-state index contributed by atoms with van der Waals surface area (Å²) in [6.45, 7) is 12.5. The normalized spacial score (nSPS) is 22.9. The number of aliphatic hydroxyl groups excluding tert-OH is 1. The Morgan fingerprint density at radius 3 is 2.79 bits per heavy atom. The van der Waals surface area contributed by atoms with Crippen LogP contribution < -0.4 is 11.4 Å². The Labute approximate surface area is 199 Å². The fraction of sp³-hybridized carbons (Fsp3) is 0.739. The minimum absolute atomic E-state index is 0.00918. The number of nitrogens with zero attached hydrogens (tertiary/aromatic N) is 2. The van der Waals surface area contributed by atoms with Crippen LogP contribution in [0.1, 0.15) is 66.0 Å². The maximum Gasteiger partial charge on any atom is 0.351 e. The van der Waals surface area contributed by atoms with E-state index in [-0.39, 0.29) is 37.3 Å². The van der Waals surface area contributed by atoms with Gasteiger partial charge >= 0.3 is 11.7 Å². The quantitative estimate of drug-likeness (QED) is 0.317. The number of thioether (sulfide) groups is 1. The maximum absolute atomic E-state index is 15.5. The van der Waals surface area contributed by atoms with Crippen molar-refractivity contribution in [2.24, 2.45) is 5.41 Å². The summed E-state index contributed by atoms with van der Waals surface area (Å²) in [4.78, 5) is 16.8. The molecule has 1 fully saturated rings. The van der Waals surface area contributed by atoms with Crippen molar-refractivity contribution >= 4 is 17.6 Å². The smallest absolute Gasteiger partial charge is 0.351 e. The third-order valence-corrected chi connectivity index (χ3v) is 6.78. The number of aliphatic hydroxyl groups is 1. The molecule has 188 valence electrons. The van der Waals surface area contributed by atoms with Crippen molar-refractivity contribution in [2.75, 3.05) is 24.7 Å². The van der Waals surface area contributed by atoms with Crippen LogP contribution in [0, 0.1) is 5.41 Å². The van der Waals surface area contributed by atoms with Gasteiger partial charge in [0.15, 0.2) is 6.23 Å². The van der Waals surface area contributed by atoms with Crippen LogP contribution in [0.2, 0.25) is 0 Å². The summed E-state index contributed by atoms with van der Waals surface area (Å²) in [5.74, 6) is 0.787. The van der Waals surface area contributed by atoms with E-state index in [0.29, 0.717) is 12.2 Å². The summed E-state index contributed by atoms with van der Waals surface area (Å²) in [6, 6.07) is -0.799. The largest absolute Gasteiger partial charge is 0.388 e. The van der Waals surface area contributed by atoms with Gasteiger partial charge in [-0.15, -0.1) is 11.8 Å². The van der Waals surface area contributed by atoms with Gasteiger partial charge < -0.3 is 25.1 Å². The van der Waals surface area contributed by atoms with Gasteiger partial charge in [0.25, 0.3) is 0 Å². The zero-order valence-corrected chi connectivity index (χ0v) is 20.9. The minimum Gasteiger partial charge on any atom is -0.388 e. The molecule has 4 atom stereocenters. The van der Waals surface area contributed by atoms with Crippen LogP contribution in [0.3, 0.4) is 0 Å². The molecule has 3 N–H and O–H groups in total. The van der Waals surface area contributed by atoms with Gasteiger partial charge in [0, 0.05) is 19.0 Å². The lowest BCUT2D eigenvalue weighted by molar-refractivity contribution is -0.327. The first-order valence-corrected chi connectivity index (χ1v) is 12.4. The molecular formula is C23H38FN3O5S. The average Bonchev–Trinajstić information content (AvgIpc) is 3.09. The Hall–Kier alpha value is -1.46. The number of halogens is 1. The van der Waals surface area contributed by atoms with E-state index in [9.17, 15) is 9.90 Å². The first-order chi connectivity index (χ1) is 15.4. The number of nitrogens with two attached hydrogens (primary N) is 1. The van der Waals surface area contributed by atoms with Crippen LogP contribution in [0.15, 0.2) is 28.5 Å². The molecule has 0 bridgehead atoms. The fourth-order valence-electron chi connectivity index (χ4n) is 3.17. The molecule has 4 unspecified atom stereocenters. The van der Waals surface area contributed by atoms with Gasteiger partial charge in [-0.3, -0.25) is 4.57 Å². The van der Waals surface area contributed by atoms with E-state index >= 15 is 4.39 Å². The van der Waals surface area contributed by atoms with Gasteiger partial charge in [-0.1, -0.05) is 40.7 Å². The molecule has 0 amide bonds. The number of ether oxygens (including phenoxy) is 3. The summed E-state index contributed by atoms with van der Waals surface area (Å²) >= 11 is 1.62. The first kappa shape index (κ1) is 27.8. The second kappa shape index (κ2) is 12.3. The van der Waals surface area contributed by atoms with Crippen molar-refractivity contribution in [2.45, 2.75) is 84.3 Å². The highest BCUT2D eigenvalue weighted by atomic mass is 32.2. The van der Waals surface area contributed by atoms with Gasteiger partial charge in [-0.25, -0.2) is 4.79 Å². The van der Waals surface area contributed by atoms with Gasteiger partial charge in [-0.05, 0) is 35.0 Å². The molecule has 33 heavy (non-hydrogen) atoms. The number of alkyl halides is 1. The molecule has 8 nitrogen and oxygen atoms in total. The molecular weight excluding hydrogens is 449 g/mol. The lowest BCUT2D eigenvalue weighted by Crippen LogP contribution is -2.35. The van der Waals surface area contributed by atoms with Crippen molar-refractivity contribution in [1.82, 2.24) is 9.55 Å². The van der Waals surface area contributed by atoms with Crippen LogP contribution in [-0.2, 0) is 14.2 Å². The van der Waals surface area contributed by atoms with Crippen molar-refractivity contribution in [3.05, 3.63) is 34.2 Å². The molecule has 0 aliphatic carbocycles. The summed E-state index contributed by atoms with van der Waals surface area (Å²) in [7, 11) is 0. The summed E-state index contributed by atoms with van der Waals surface area (Å²) < 4.78 is 33.4. The standard InChI is InChI=1S/C23H38FN3O5S/c1-6-7-12-30-23(24,10-8-13-33-16(2)22(3,4)5)31-15-17-14-18(28)20(32-17)27-11-9-19(25)26-21(27)29/h9,11,17-18,20,28H,2,6-8,10,12-15H2,1,3-5H3,(H2,25,26,29). The number of hydrogen-bond acceptors (Lipinski definition) is 8. The van der Waals surface area contributed by atoms with Crippen molar-refractivity contribution < 1.29 is 23.7 Å². The Bertz CT molecular complexity index is 831. The van der Waals surface area contributed by atoms with E-state index in [1.54, 1.807) is 11.8 Å². The highest BCUT2D eigenvalue weighted by Gasteiger charge is 2.39. The third-order valence-electron chi connectivity index (χ3n) is 5.32. The molecule has 0 saturated carbocycles. The van der Waals surface area contributed by atoms with E-state index < -0.39 is 30.2 Å². The van der Waals surface area contributed by atoms with E-state index in [0.717, 1.165) is 17.7 Å². The summed E-state index contributed by atoms with van der Waals surface area (Å²) in [5, 5.41) is 10.4. The molecule has 2 rings (SSSR count). The zero-order valence-electron chi connectivity index (χ0n) is 20.1. The Kier molecular flexibility index (Phi) is 10.4. The molecule has 0 spiro atoms. The number of nitrogen functional groups attached to an aromatic ring is 1. The summed E-state index contributed by atoms with van der Waals surface area (Å²) in [6.07, 6.45) is 1.32. The van der Waals surface area contributed by atoms with Crippen LogP contribution in [-0.4, -0.2) is 51.9 Å². The number of hydrogen-bond donors (Lipinski definition) is 2. The van der Waals surface area contributed by atoms with Gasteiger partial charge in [0.05, 0.1) is 19.3 Å². The number of aromatic nitrogens is 2. The predicted octanol–water partition coefficient (Wildman–Crippen LogP) is 4.00. The van der Waals surface area contributed by atoms with Crippen LogP contribution >= 0.6 is 11.8 Å². The Morgan fingerprint density at radius 1 is 1.42 bits per heavy atom. The lowest BCUT2D eigenvalue weighted by atomic mass is 9.97. The molecule has 1 saturated heterocycles. The van der Waals surface area contributed by atoms with Crippen molar-refractivity contribution in [3.8, 4) is 0 Å². The molecule has 0 aromatic carbocycles. The van der Waals surface area contributed by atoms with Gasteiger partial charge in [0.2, 0.25) is 0 Å². The van der Waals surface area contributed by atoms with E-state index in [1.165, 1.54) is 16.8 Å². The maximum atomic E-state index is 15.5. The molecule has 1 aliphatic rings. The van der Waals surface area contributed by atoms with Crippen LogP contribution in [0.4, 0.5) is 10.2 Å². The molecule has 1 aromatic heterocycles. The SMILES string of the molecule is C=C(SCCCC(F)(OCCCC)OCC1CC(O)C(n2ccc(N)nc2=O)O1)C(C)(C)C. The Morgan fingerprint density at radius 2 is 2.15 bits per heavy atom. The monoisotopic (exact) mass is 487 g/mol. The van der Waals surface area contributed by atoms with E-state index in [1.807, 2.05) is 6.92 Å². The molecule has 1 aromatic rings. The van der Waals surface area contributed by atoms with Crippen LogP contribution in [0.25, 0.3) is 0 Å². The van der Waals surface area contributed by atoms with E-state index in [2.05, 4.69) is 32.3 Å². The third kappa shape index (κ3) is 8.68. The number of anilines is 1. The predicted molar refractivity (Wildman–Crippen MR) is 128 cm³/mol. The molecule has 10 heteroatoms. The average molecular weight is 488 g/mol. The lowest BCUT2D eigenvalue weighted by Gasteiger charge is -2.27. The fourth-order valence-corrected chi connectivity index (χ4v) is 4.14. The van der Waals surface area contributed by atoms with Crippen molar-refractivity contribution in [1.29, 1.82) is 0 Å². The molecule has 2 heterocycles. The number of allylic oxidation sites excluding steroid dienone is 1. The summed E-state index contributed by atoms with van der Waals surface area (Å²) in [5.41, 5.74) is 4.88. The molecule has 0 radical (unpaired) electrons. The first-order valence-electron chi connectivity index (χ1n) is 11.4. The van der Waals surface area contributed by atoms with E-state index in [4.69, 9.17) is 19.9 Å². The number of rotatable bonds is 13. The Balaban J connectivity index is 1.92. The van der Waals surface area contributed by atoms with Crippen LogP contribution in [0.5, 0.6) is 0 Å². The second-order valence-corrected chi connectivity index (χ2v) is 10.5.